The minimum absolute atomic E-state index is 0.0914. The smallest absolute Gasteiger partial charge is 0.328 e. The van der Waals surface area contributed by atoms with Crippen LogP contribution in [0.5, 0.6) is 0 Å². The van der Waals surface area contributed by atoms with E-state index in [1.54, 1.807) is 61.5 Å². The molecule has 2 saturated heterocycles. The quantitative estimate of drug-likeness (QED) is 0.116. The minimum Gasteiger partial charge on any atom is -0.467 e. The Morgan fingerprint density at radius 2 is 1.43 bits per heavy atom. The van der Waals surface area contributed by atoms with Crippen molar-refractivity contribution in [3.8, 4) is 0 Å². The normalized spacial score (nSPS) is 19.8. The van der Waals surface area contributed by atoms with E-state index in [0.717, 1.165) is 37.8 Å². The lowest BCUT2D eigenvalue weighted by molar-refractivity contribution is -0.146. The fourth-order valence-corrected chi connectivity index (χ4v) is 7.80. The van der Waals surface area contributed by atoms with Crippen LogP contribution < -0.4 is 16.0 Å². The molecule has 2 heterocycles. The highest BCUT2D eigenvalue weighted by Crippen LogP contribution is 2.26. The SMILES string of the molecule is CCC(C)N1CCCCC1C(=O)N[C@H](C(=O)N[C@H](C=C(C)C(=O)N1CCC[C@H]1C(=O)N[C@@H](Cc1ccc(C(=O)c2ccccc2)cc1)C(=O)OC)C(C)C)C(C)(C)C. The molecule has 0 radical (unpaired) electrons. The van der Waals surface area contributed by atoms with Crippen molar-refractivity contribution in [1.29, 1.82) is 0 Å². The lowest BCUT2D eigenvalue weighted by atomic mass is 9.85. The topological polar surface area (TPSA) is 154 Å². The van der Waals surface area contributed by atoms with Gasteiger partial charge in [0, 0.05) is 35.7 Å². The van der Waals surface area contributed by atoms with Gasteiger partial charge in [-0.2, -0.15) is 0 Å². The van der Waals surface area contributed by atoms with Crippen LogP contribution in [0.1, 0.15) is 115 Å². The number of nitrogens with zero attached hydrogens (tertiary/aromatic N) is 2. The molecule has 0 aliphatic carbocycles. The maximum atomic E-state index is 14.0. The van der Waals surface area contributed by atoms with Gasteiger partial charge in [0.1, 0.15) is 18.1 Å². The number of carbonyl (C=O) groups excluding carboxylic acids is 6. The monoisotopic (exact) mass is 799 g/mol. The number of benzene rings is 2. The second-order valence-corrected chi connectivity index (χ2v) is 17.3. The first kappa shape index (κ1) is 45.9. The highest BCUT2D eigenvalue weighted by Gasteiger charge is 2.39. The van der Waals surface area contributed by atoms with E-state index in [0.29, 0.717) is 36.1 Å². The fraction of sp³-hybridized carbons (Fsp3) is 0.565. The van der Waals surface area contributed by atoms with E-state index in [-0.39, 0.29) is 47.9 Å². The van der Waals surface area contributed by atoms with Gasteiger partial charge in [-0.25, -0.2) is 4.79 Å². The summed E-state index contributed by atoms with van der Waals surface area (Å²) >= 11 is 0. The zero-order valence-corrected chi connectivity index (χ0v) is 35.9. The average molecular weight is 800 g/mol. The molecule has 316 valence electrons. The van der Waals surface area contributed by atoms with Crippen molar-refractivity contribution in [3.63, 3.8) is 0 Å². The van der Waals surface area contributed by atoms with Gasteiger partial charge >= 0.3 is 5.97 Å². The van der Waals surface area contributed by atoms with Gasteiger partial charge in [0.25, 0.3) is 0 Å². The number of likely N-dealkylation sites (tertiary alicyclic amines) is 2. The summed E-state index contributed by atoms with van der Waals surface area (Å²) in [7, 11) is 1.25. The molecule has 2 fully saturated rings. The summed E-state index contributed by atoms with van der Waals surface area (Å²) in [4.78, 5) is 85.0. The number of hydrogen-bond acceptors (Lipinski definition) is 8. The van der Waals surface area contributed by atoms with Crippen LogP contribution in [0.25, 0.3) is 0 Å². The number of amides is 4. The van der Waals surface area contributed by atoms with E-state index in [2.05, 4.69) is 34.7 Å². The Hall–Kier alpha value is -4.84. The van der Waals surface area contributed by atoms with Crippen molar-refractivity contribution in [2.24, 2.45) is 11.3 Å². The molecule has 0 aromatic heterocycles. The number of piperidine rings is 1. The van der Waals surface area contributed by atoms with Crippen LogP contribution in [0.2, 0.25) is 0 Å². The molecule has 4 rings (SSSR count). The molecule has 12 heteroatoms. The van der Waals surface area contributed by atoms with Crippen molar-refractivity contribution in [1.82, 2.24) is 25.8 Å². The summed E-state index contributed by atoms with van der Waals surface area (Å²) < 4.78 is 5.03. The summed E-state index contributed by atoms with van der Waals surface area (Å²) in [5, 5.41) is 9.02. The van der Waals surface area contributed by atoms with E-state index < -0.39 is 41.5 Å². The lowest BCUT2D eigenvalue weighted by Gasteiger charge is -2.40. The number of methoxy groups -OCH3 is 1. The van der Waals surface area contributed by atoms with E-state index in [4.69, 9.17) is 4.74 Å². The van der Waals surface area contributed by atoms with Crippen LogP contribution in [0.4, 0.5) is 0 Å². The van der Waals surface area contributed by atoms with Gasteiger partial charge in [-0.05, 0) is 69.4 Å². The molecule has 2 aliphatic rings. The van der Waals surface area contributed by atoms with Gasteiger partial charge in [0.15, 0.2) is 5.78 Å². The maximum absolute atomic E-state index is 14.0. The summed E-state index contributed by atoms with van der Waals surface area (Å²) in [6.45, 7) is 16.8. The van der Waals surface area contributed by atoms with Crippen LogP contribution in [0.15, 0.2) is 66.2 Å². The Balaban J connectivity index is 1.43. The maximum Gasteiger partial charge on any atom is 0.328 e. The third-order valence-corrected chi connectivity index (χ3v) is 11.5. The molecule has 2 aromatic carbocycles. The third-order valence-electron chi connectivity index (χ3n) is 11.5. The number of hydrogen-bond donors (Lipinski definition) is 3. The van der Waals surface area contributed by atoms with Crippen LogP contribution in [-0.2, 0) is 35.1 Å². The standard InChI is InChI=1S/C46H65N5O7/c1-10-31(5)50-25-15-14-19-37(50)42(54)49-40(46(6,7)8)43(55)47-35(29(2)3)27-30(4)44(56)51-26-16-20-38(51)41(53)48-36(45(57)58-9)28-32-21-23-34(24-22-32)39(52)33-17-12-11-13-18-33/h11-13,17-18,21-24,27,29,31,35-38,40H,10,14-16,19-20,25-26,28H2,1-9H3,(H,47,55)(H,48,53)(H,49,54)/t31?,35-,36+,37?,38+,40-/m1/s1. The highest BCUT2D eigenvalue weighted by molar-refractivity contribution is 6.09. The fourth-order valence-electron chi connectivity index (χ4n) is 7.80. The first-order valence-corrected chi connectivity index (χ1v) is 20.9. The number of nitrogens with one attached hydrogen (secondary N) is 3. The zero-order chi connectivity index (χ0) is 42.7. The number of esters is 1. The molecule has 58 heavy (non-hydrogen) atoms. The summed E-state index contributed by atoms with van der Waals surface area (Å²) in [5.41, 5.74) is 1.57. The van der Waals surface area contributed by atoms with Crippen molar-refractivity contribution in [3.05, 3.63) is 82.9 Å². The average Bonchev–Trinajstić information content (AvgIpc) is 3.71. The number of ketones is 1. The van der Waals surface area contributed by atoms with Gasteiger partial charge in [0.05, 0.1) is 19.2 Å². The Bertz CT molecular complexity index is 1790. The second kappa shape index (κ2) is 20.7. The molecule has 0 saturated carbocycles. The van der Waals surface area contributed by atoms with Gasteiger partial charge in [-0.15, -0.1) is 0 Å². The third kappa shape index (κ3) is 11.9. The Kier molecular flexibility index (Phi) is 16.4. The molecule has 6 atom stereocenters. The number of carbonyl (C=O) groups is 6. The van der Waals surface area contributed by atoms with Crippen LogP contribution in [-0.4, -0.2) is 102 Å². The lowest BCUT2D eigenvalue weighted by Crippen LogP contribution is -2.60. The van der Waals surface area contributed by atoms with Crippen molar-refractivity contribution >= 4 is 35.4 Å². The van der Waals surface area contributed by atoms with Gasteiger partial charge in [0.2, 0.25) is 23.6 Å². The van der Waals surface area contributed by atoms with Gasteiger partial charge in [-0.1, -0.05) is 109 Å². The second-order valence-electron chi connectivity index (χ2n) is 17.3. The highest BCUT2D eigenvalue weighted by atomic mass is 16.5. The molecule has 2 aliphatic heterocycles. The first-order chi connectivity index (χ1) is 27.5. The molecule has 4 amide bonds. The molecular weight excluding hydrogens is 735 g/mol. The van der Waals surface area contributed by atoms with Crippen molar-refractivity contribution < 1.29 is 33.5 Å². The molecule has 2 aromatic rings. The molecule has 2 unspecified atom stereocenters. The van der Waals surface area contributed by atoms with Crippen molar-refractivity contribution in [2.75, 3.05) is 20.2 Å². The minimum atomic E-state index is -1.02. The molecule has 0 bridgehead atoms. The van der Waals surface area contributed by atoms with Crippen LogP contribution >= 0.6 is 0 Å². The Morgan fingerprint density at radius 3 is 2.03 bits per heavy atom. The summed E-state index contributed by atoms with van der Waals surface area (Å²) in [5.74, 6) is -2.11. The summed E-state index contributed by atoms with van der Waals surface area (Å²) in [6, 6.07) is 12.6. The first-order valence-electron chi connectivity index (χ1n) is 20.9. The Morgan fingerprint density at radius 1 is 0.810 bits per heavy atom. The van der Waals surface area contributed by atoms with Crippen molar-refractivity contribution in [2.45, 2.75) is 137 Å². The largest absolute Gasteiger partial charge is 0.467 e. The van der Waals surface area contributed by atoms with E-state index >= 15 is 0 Å². The number of ether oxygens (including phenoxy) is 1. The molecule has 0 spiro atoms. The zero-order valence-electron chi connectivity index (χ0n) is 35.9. The van der Waals surface area contributed by atoms with Gasteiger partial charge < -0.3 is 25.6 Å². The van der Waals surface area contributed by atoms with Crippen LogP contribution in [0, 0.1) is 11.3 Å². The van der Waals surface area contributed by atoms with E-state index in [9.17, 15) is 28.8 Å². The predicted octanol–water partition coefficient (Wildman–Crippen LogP) is 5.38. The number of rotatable bonds is 16. The molecule has 12 nitrogen and oxygen atoms in total. The summed E-state index contributed by atoms with van der Waals surface area (Å²) in [6.07, 6.45) is 6.56. The van der Waals surface area contributed by atoms with E-state index in [1.165, 1.54) is 12.0 Å². The molecule has 3 N–H and O–H groups in total. The van der Waals surface area contributed by atoms with Gasteiger partial charge in [-0.3, -0.25) is 28.9 Å². The van der Waals surface area contributed by atoms with Crippen LogP contribution in [0.3, 0.4) is 0 Å². The predicted molar refractivity (Wildman–Crippen MR) is 225 cm³/mol. The van der Waals surface area contributed by atoms with E-state index in [1.807, 2.05) is 40.7 Å². The Labute approximate surface area is 344 Å². The molecular formula is C46H65N5O7.